The van der Waals surface area contributed by atoms with E-state index in [1.165, 1.54) is 73.2 Å². The largest absolute Gasteiger partial charge is 0.573 e. The van der Waals surface area contributed by atoms with Crippen molar-refractivity contribution in [2.24, 2.45) is 0 Å². The van der Waals surface area contributed by atoms with E-state index in [1.807, 2.05) is 62.4 Å². The summed E-state index contributed by atoms with van der Waals surface area (Å²) >= 11 is 6.28. The summed E-state index contributed by atoms with van der Waals surface area (Å²) in [5.74, 6) is 7.34. The van der Waals surface area contributed by atoms with Gasteiger partial charge in [0.1, 0.15) is 64.5 Å². The standard InChI is InChI=1S/C21H21F3N6.C20H17F3N6O.C17H15F3N6.C16H12ClN7.C16H10F3N7/c22-21(23,24)15-8-5-4-6-13(15)18-25-16-9-3-1-2-7-14(16)19(26-18)28-20-27-17(29-30-20)12-10-11-12;1-3-12-7-6-9-14-16(12)25-17(26-18(14)27-19-24-11(2)28-29-19)13-8-4-5-10-15(13)30-20(21,22)23;1-9-21-16(26-25-9)24-15-11-6-4-8-13(11)22-14(23-15)10-5-2-3-7-12(10)17(18,19)20;1-9-19-16(24-23-9)22-15-11-6-4-8-18-13(11)20-14(21-15)10-5-2-3-7-12(10)17;17-16(18,19)11-6-2-1-4-9(11)13-23-12-10(5-3-7-20-12)14(24-13)25-15-21-8-22-26-15/h4-6,8,12H,1-3,7,9-11H2,(H2,25,26,27,28,29,30);4-10H,3H2,1-2H3,(H2,24,25,26,27,28,29);2-3,5,7H,4,6,8H2,1H3,(H2,21,22,23,24,25,26);2-8H,1H3,(H2,18,19,20,21,22,23,24);1-8H,(H2,20,21,22,23,24,25,26). The Bertz CT molecular complexity index is 7330. The molecule has 0 spiro atoms. The first kappa shape index (κ1) is 91.6. The number of nitrogens with zero attached hydrogens (tertiary/aromatic N) is 22. The van der Waals surface area contributed by atoms with Gasteiger partial charge in [0.2, 0.25) is 29.7 Å². The van der Waals surface area contributed by atoms with E-state index in [0.717, 1.165) is 121 Å². The lowest BCUT2D eigenvalue weighted by Gasteiger charge is -2.16. The van der Waals surface area contributed by atoms with Gasteiger partial charge in [0.05, 0.1) is 43.6 Å². The molecule has 12 aromatic heterocycles. The third kappa shape index (κ3) is 21.7. The molecule has 33 nitrogen and oxygen atoms in total. The Morgan fingerprint density at radius 1 is 0.375 bits per heavy atom. The number of H-pyrrole nitrogens is 5. The van der Waals surface area contributed by atoms with Crippen LogP contribution in [0.4, 0.5) is 112 Å². The van der Waals surface area contributed by atoms with Crippen LogP contribution < -0.4 is 31.3 Å². The summed E-state index contributed by atoms with van der Waals surface area (Å²) in [5.41, 5.74) is 4.16. The molecule has 0 radical (unpaired) electrons. The van der Waals surface area contributed by atoms with Gasteiger partial charge < -0.3 is 31.3 Å². The number of aromatic amines is 5. The predicted octanol–water partition coefficient (Wildman–Crippen LogP) is 21.0. The van der Waals surface area contributed by atoms with E-state index in [-0.39, 0.29) is 62.8 Å². The lowest BCUT2D eigenvalue weighted by molar-refractivity contribution is -0.274. The number of para-hydroxylation sites is 2. The molecule has 692 valence electrons. The molecule has 1 fully saturated rings. The van der Waals surface area contributed by atoms with Crippen LogP contribution in [0.5, 0.6) is 5.75 Å². The zero-order valence-electron chi connectivity index (χ0n) is 71.8. The predicted molar refractivity (Wildman–Crippen MR) is 479 cm³/mol. The van der Waals surface area contributed by atoms with Crippen molar-refractivity contribution in [3.05, 3.63) is 256 Å². The monoisotopic (exact) mass is 1880 g/mol. The van der Waals surface area contributed by atoms with E-state index in [9.17, 15) is 52.7 Å². The Morgan fingerprint density at radius 2 is 0.794 bits per heavy atom. The molecule has 3 aliphatic rings. The minimum atomic E-state index is -4.83. The van der Waals surface area contributed by atoms with Crippen molar-refractivity contribution in [3.8, 4) is 62.7 Å². The number of nitrogens with one attached hydrogen (secondary N) is 10. The highest BCUT2D eigenvalue weighted by molar-refractivity contribution is 6.33. The number of ether oxygens (including phenoxy) is 1. The molecule has 0 saturated heterocycles. The highest BCUT2D eigenvalue weighted by Crippen LogP contribution is 2.44. The summed E-state index contributed by atoms with van der Waals surface area (Å²) in [7, 11) is 0. The van der Waals surface area contributed by atoms with Crippen LogP contribution in [-0.4, -0.2) is 142 Å². The minimum Gasteiger partial charge on any atom is -0.405 e. The quantitative estimate of drug-likeness (QED) is 0.0282. The second kappa shape index (κ2) is 39.3. The van der Waals surface area contributed by atoms with Crippen LogP contribution in [-0.2, 0) is 50.6 Å². The molecular weight excluding hydrogens is 1810 g/mol. The lowest BCUT2D eigenvalue weighted by Crippen LogP contribution is -2.17. The van der Waals surface area contributed by atoms with Crippen molar-refractivity contribution in [1.29, 1.82) is 0 Å². The van der Waals surface area contributed by atoms with E-state index in [4.69, 9.17) is 11.6 Å². The topological polar surface area (TPSA) is 432 Å². The second-order valence-electron chi connectivity index (χ2n) is 30.8. The van der Waals surface area contributed by atoms with Crippen molar-refractivity contribution >= 4 is 103 Å². The van der Waals surface area contributed by atoms with Crippen LogP contribution in [0.15, 0.2) is 183 Å². The smallest absolute Gasteiger partial charge is 0.405 e. The Kier molecular flexibility index (Phi) is 26.5. The van der Waals surface area contributed by atoms with Crippen LogP contribution in [0.3, 0.4) is 0 Å². The molecule has 0 bridgehead atoms. The molecule has 10 N–H and O–H groups in total. The fraction of sp³-hybridized carbons (Fsp3) is 0.222. The number of anilines is 10. The lowest BCUT2D eigenvalue weighted by atomic mass is 10.0. The number of halogens is 13. The molecule has 0 atom stereocenters. The summed E-state index contributed by atoms with van der Waals surface area (Å²) in [6.45, 7) is 7.31. The molecule has 21 rings (SSSR count). The fourth-order valence-corrected chi connectivity index (χ4v) is 15.1. The number of fused-ring (bicyclic) bond motifs is 5. The van der Waals surface area contributed by atoms with E-state index >= 15 is 0 Å². The molecule has 6 aromatic carbocycles. The number of rotatable bonds is 18. The number of benzene rings is 6. The number of pyridine rings is 2. The Hall–Kier alpha value is -16.3. The Labute approximate surface area is 766 Å². The summed E-state index contributed by atoms with van der Waals surface area (Å²) in [6.07, 6.45) is -4.11. The highest BCUT2D eigenvalue weighted by Gasteiger charge is 2.39. The van der Waals surface area contributed by atoms with E-state index < -0.39 is 41.6 Å². The zero-order chi connectivity index (χ0) is 95.0. The maximum absolute atomic E-state index is 13.6. The van der Waals surface area contributed by atoms with Gasteiger partial charge >= 0.3 is 24.9 Å². The molecule has 12 heterocycles. The molecule has 136 heavy (non-hydrogen) atoms. The summed E-state index contributed by atoms with van der Waals surface area (Å²) in [5, 5.41) is 51.6. The van der Waals surface area contributed by atoms with Gasteiger partial charge in [0.25, 0.3) is 0 Å². The number of alkyl halides is 12. The van der Waals surface area contributed by atoms with E-state index in [0.29, 0.717) is 122 Å². The third-order valence-corrected chi connectivity index (χ3v) is 21.5. The molecule has 0 amide bonds. The molecule has 0 aliphatic heterocycles. The SMILES string of the molecule is CCc1cccc2c(Nc3n[nH]c(C)n3)nc(-c3ccccc3OC(F)(F)F)nc12.Cc1nc(Nc2nc(-c3ccccc3C(F)(F)F)nc3c2CCC3)n[nH]1.Cc1nc(Nc2nc(-c3ccccc3Cl)nc3ncccc23)n[nH]1.FC(F)(F)c1ccccc1-c1nc(Nc2ncn[nH]2)c2cccnc2n1.FC(F)(F)c1ccccc1-c1nc2c(c(Nc3n[nH]c(C4CC4)n3)n1)CCCCC2. The van der Waals surface area contributed by atoms with Gasteiger partial charge in [-0.2, -0.15) is 69.5 Å². The van der Waals surface area contributed by atoms with Crippen molar-refractivity contribution in [1.82, 2.24) is 136 Å². The van der Waals surface area contributed by atoms with Crippen LogP contribution in [0, 0.1) is 20.8 Å². The second-order valence-corrected chi connectivity index (χ2v) is 31.2. The van der Waals surface area contributed by atoms with Crippen LogP contribution in [0.25, 0.3) is 89.9 Å². The number of aryl methyl sites for hydroxylation is 6. The molecule has 46 heteroatoms. The van der Waals surface area contributed by atoms with Crippen LogP contribution >= 0.6 is 11.6 Å². The van der Waals surface area contributed by atoms with E-state index in [1.54, 1.807) is 56.4 Å². The molecule has 0 unspecified atom stereocenters. The number of aromatic nitrogens is 27. The average Bonchev–Trinajstić information content (AvgIpc) is 1.36. The Morgan fingerprint density at radius 3 is 1.28 bits per heavy atom. The van der Waals surface area contributed by atoms with Crippen LogP contribution in [0.2, 0.25) is 5.02 Å². The molecule has 3 aliphatic carbocycles. The van der Waals surface area contributed by atoms with Gasteiger partial charge in [-0.1, -0.05) is 116 Å². The summed E-state index contributed by atoms with van der Waals surface area (Å²) in [4.78, 5) is 74.0. The van der Waals surface area contributed by atoms with Crippen molar-refractivity contribution < 1.29 is 57.4 Å². The van der Waals surface area contributed by atoms with Crippen molar-refractivity contribution in [2.75, 3.05) is 26.6 Å². The first-order valence-electron chi connectivity index (χ1n) is 42.2. The highest BCUT2D eigenvalue weighted by atomic mass is 35.5. The maximum Gasteiger partial charge on any atom is 0.573 e. The summed E-state index contributed by atoms with van der Waals surface area (Å²) in [6, 6.07) is 41.8. The minimum absolute atomic E-state index is 0.0197. The molecular formula is C90H75ClF12N32O. The van der Waals surface area contributed by atoms with Gasteiger partial charge in [-0.3, -0.25) is 20.4 Å². The van der Waals surface area contributed by atoms with Gasteiger partial charge in [-0.05, 0) is 163 Å². The van der Waals surface area contributed by atoms with E-state index in [2.05, 4.69) is 167 Å². The fourth-order valence-electron chi connectivity index (χ4n) is 14.9. The average molecular weight is 1880 g/mol. The van der Waals surface area contributed by atoms with Crippen molar-refractivity contribution in [3.63, 3.8) is 0 Å². The molecule has 1 saturated carbocycles. The number of hydrogen-bond acceptors (Lipinski definition) is 28. The van der Waals surface area contributed by atoms with Gasteiger partial charge in [0.15, 0.2) is 40.4 Å². The van der Waals surface area contributed by atoms with Crippen LogP contribution in [0.1, 0.15) is 119 Å². The Balaban J connectivity index is 0.000000118. The third-order valence-electron chi connectivity index (χ3n) is 21.2. The maximum atomic E-state index is 13.6. The zero-order valence-corrected chi connectivity index (χ0v) is 72.6. The van der Waals surface area contributed by atoms with Gasteiger partial charge in [-0.25, -0.2) is 64.9 Å². The summed E-state index contributed by atoms with van der Waals surface area (Å²) < 4.78 is 164. The molecule has 18 aromatic rings. The first-order chi connectivity index (χ1) is 65.5. The normalized spacial score (nSPS) is 13.0. The van der Waals surface area contributed by atoms with Gasteiger partial charge in [-0.15, -0.1) is 33.6 Å². The van der Waals surface area contributed by atoms with Gasteiger partial charge in [0, 0.05) is 68.5 Å². The first-order valence-corrected chi connectivity index (χ1v) is 42.6. The van der Waals surface area contributed by atoms with Crippen molar-refractivity contribution in [2.45, 2.75) is 129 Å². The number of hydrogen-bond donors (Lipinski definition) is 10.